The number of hydroxylamine groups is 1. The van der Waals surface area contributed by atoms with Gasteiger partial charge < -0.3 is 0 Å². The lowest BCUT2D eigenvalue weighted by Gasteiger charge is -2.29. The molecule has 3 atom stereocenters. The van der Waals surface area contributed by atoms with Gasteiger partial charge in [-0.05, 0) is 48.0 Å². The second-order valence-electron chi connectivity index (χ2n) is 7.77. The molecular formula is C24H16BrF3N2O3. The van der Waals surface area contributed by atoms with E-state index in [0.717, 1.165) is 27.1 Å². The predicted molar refractivity (Wildman–Crippen MR) is 118 cm³/mol. The van der Waals surface area contributed by atoms with Gasteiger partial charge in [0, 0.05) is 4.47 Å². The van der Waals surface area contributed by atoms with Gasteiger partial charge in [-0.2, -0.15) is 13.2 Å². The van der Waals surface area contributed by atoms with E-state index in [0.29, 0.717) is 5.69 Å². The van der Waals surface area contributed by atoms with Gasteiger partial charge in [0.1, 0.15) is 5.92 Å². The summed E-state index contributed by atoms with van der Waals surface area (Å²) in [6, 6.07) is 19.9. The van der Waals surface area contributed by atoms with Crippen LogP contribution in [0.2, 0.25) is 0 Å². The van der Waals surface area contributed by atoms with Crippen LogP contribution in [0.5, 0.6) is 0 Å². The van der Waals surface area contributed by atoms with Crippen LogP contribution in [0.15, 0.2) is 83.3 Å². The molecule has 2 aliphatic rings. The van der Waals surface area contributed by atoms with Crippen LogP contribution < -0.4 is 9.96 Å². The standard InChI is InChI=1S/C24H16BrF3N2O3/c25-16-11-9-14(10-12-16)20-19-21(33-30(20)17-6-2-1-3-7-17)23(32)29(22(19)31)18-8-4-5-15(13-18)24(26,27)28/h1-13,19-21H. The maximum Gasteiger partial charge on any atom is 0.416 e. The quantitative estimate of drug-likeness (QED) is 0.430. The van der Waals surface area contributed by atoms with Crippen LogP contribution in [0.4, 0.5) is 24.5 Å². The molecule has 0 saturated carbocycles. The van der Waals surface area contributed by atoms with Crippen molar-refractivity contribution >= 4 is 39.1 Å². The van der Waals surface area contributed by atoms with E-state index in [1.807, 2.05) is 42.5 Å². The molecule has 3 aromatic carbocycles. The highest BCUT2D eigenvalue weighted by Crippen LogP contribution is 2.48. The van der Waals surface area contributed by atoms with Crippen LogP contribution in [0, 0.1) is 5.92 Å². The lowest BCUT2D eigenvalue weighted by molar-refractivity contribution is -0.137. The van der Waals surface area contributed by atoms with Gasteiger partial charge in [0.05, 0.1) is 23.0 Å². The van der Waals surface area contributed by atoms with Crippen molar-refractivity contribution in [3.63, 3.8) is 0 Å². The van der Waals surface area contributed by atoms with E-state index < -0.39 is 41.6 Å². The van der Waals surface area contributed by atoms with Gasteiger partial charge in [-0.1, -0.05) is 52.3 Å². The van der Waals surface area contributed by atoms with E-state index in [2.05, 4.69) is 15.9 Å². The summed E-state index contributed by atoms with van der Waals surface area (Å²) in [5, 5.41) is 1.54. The Bertz CT molecular complexity index is 1220. The monoisotopic (exact) mass is 516 g/mol. The fraction of sp³-hybridized carbons (Fsp3) is 0.167. The molecule has 3 aromatic rings. The first-order valence-electron chi connectivity index (χ1n) is 10.1. The smallest absolute Gasteiger partial charge is 0.273 e. The summed E-state index contributed by atoms with van der Waals surface area (Å²) in [4.78, 5) is 33.5. The van der Waals surface area contributed by atoms with Crippen LogP contribution in [0.3, 0.4) is 0 Å². The topological polar surface area (TPSA) is 49.9 Å². The van der Waals surface area contributed by atoms with Crippen molar-refractivity contribution in [3.05, 3.63) is 94.5 Å². The Hall–Kier alpha value is -3.17. The predicted octanol–water partition coefficient (Wildman–Crippen LogP) is 5.52. The number of amides is 2. The van der Waals surface area contributed by atoms with Crippen LogP contribution in [0.25, 0.3) is 0 Å². The first-order chi connectivity index (χ1) is 15.8. The molecule has 3 unspecified atom stereocenters. The number of para-hydroxylation sites is 1. The Morgan fingerprint density at radius 1 is 0.818 bits per heavy atom. The van der Waals surface area contributed by atoms with Gasteiger partial charge >= 0.3 is 6.18 Å². The van der Waals surface area contributed by atoms with E-state index >= 15 is 0 Å². The number of carbonyl (C=O) groups is 2. The van der Waals surface area contributed by atoms with Crippen molar-refractivity contribution in [2.75, 3.05) is 9.96 Å². The maximum absolute atomic E-state index is 13.5. The van der Waals surface area contributed by atoms with Gasteiger partial charge in [-0.15, -0.1) is 0 Å². The highest BCUT2D eigenvalue weighted by molar-refractivity contribution is 9.10. The lowest BCUT2D eigenvalue weighted by atomic mass is 9.90. The SMILES string of the molecule is O=C1C2ON(c3ccccc3)C(c3ccc(Br)cc3)C2C(=O)N1c1cccc(C(F)(F)F)c1. The summed E-state index contributed by atoms with van der Waals surface area (Å²) in [6.07, 6.45) is -5.75. The molecule has 0 bridgehead atoms. The minimum atomic E-state index is -4.60. The first-order valence-corrected chi connectivity index (χ1v) is 10.9. The Morgan fingerprint density at radius 2 is 1.48 bits per heavy atom. The van der Waals surface area contributed by atoms with Gasteiger partial charge in [-0.3, -0.25) is 14.4 Å². The number of alkyl halides is 3. The molecule has 0 aromatic heterocycles. The number of rotatable bonds is 3. The summed E-state index contributed by atoms with van der Waals surface area (Å²) in [5.41, 5.74) is 0.334. The van der Waals surface area contributed by atoms with Crippen LogP contribution in [-0.4, -0.2) is 17.9 Å². The zero-order chi connectivity index (χ0) is 23.3. The molecule has 0 spiro atoms. The Labute approximate surface area is 195 Å². The molecule has 2 saturated heterocycles. The van der Waals surface area contributed by atoms with Crippen molar-refractivity contribution in [2.45, 2.75) is 18.3 Å². The highest BCUT2D eigenvalue weighted by Gasteiger charge is 2.60. The number of anilines is 2. The number of carbonyl (C=O) groups excluding carboxylic acids is 2. The minimum Gasteiger partial charge on any atom is -0.273 e. The number of benzene rings is 3. The summed E-state index contributed by atoms with van der Waals surface area (Å²) in [6.45, 7) is 0. The second kappa shape index (κ2) is 8.00. The maximum atomic E-state index is 13.5. The van der Waals surface area contributed by atoms with Gasteiger partial charge in [0.15, 0.2) is 6.10 Å². The van der Waals surface area contributed by atoms with E-state index in [1.165, 1.54) is 17.2 Å². The third kappa shape index (κ3) is 3.71. The molecule has 0 N–H and O–H groups in total. The Balaban J connectivity index is 1.57. The molecule has 2 fully saturated rings. The number of imide groups is 1. The number of hydrogen-bond donors (Lipinski definition) is 0. The fourth-order valence-corrected chi connectivity index (χ4v) is 4.55. The molecule has 9 heteroatoms. The molecule has 0 radical (unpaired) electrons. The van der Waals surface area contributed by atoms with Gasteiger partial charge in [0.25, 0.3) is 5.91 Å². The lowest BCUT2D eigenvalue weighted by Crippen LogP contribution is -2.37. The first kappa shape index (κ1) is 21.7. The highest BCUT2D eigenvalue weighted by atomic mass is 79.9. The van der Waals surface area contributed by atoms with Gasteiger partial charge in [-0.25, -0.2) is 9.96 Å². The average molecular weight is 517 g/mol. The minimum absolute atomic E-state index is 0.126. The number of fused-ring (bicyclic) bond motifs is 1. The molecule has 33 heavy (non-hydrogen) atoms. The normalized spacial score (nSPS) is 22.7. The van der Waals surface area contributed by atoms with Crippen LogP contribution >= 0.6 is 15.9 Å². The average Bonchev–Trinajstić information content (AvgIpc) is 3.30. The molecule has 2 heterocycles. The molecule has 168 valence electrons. The van der Waals surface area contributed by atoms with Crippen LogP contribution in [0.1, 0.15) is 17.2 Å². The zero-order valence-corrected chi connectivity index (χ0v) is 18.5. The summed E-state index contributed by atoms with van der Waals surface area (Å²) >= 11 is 3.39. The van der Waals surface area contributed by atoms with E-state index in [4.69, 9.17) is 4.84 Å². The van der Waals surface area contributed by atoms with Crippen molar-refractivity contribution in [1.29, 1.82) is 0 Å². The Kier molecular flexibility index (Phi) is 5.25. The molecule has 5 nitrogen and oxygen atoms in total. The third-order valence-corrected chi connectivity index (χ3v) is 6.30. The summed E-state index contributed by atoms with van der Waals surface area (Å²) in [5.74, 6) is -2.21. The Morgan fingerprint density at radius 3 is 2.15 bits per heavy atom. The number of hydrogen-bond acceptors (Lipinski definition) is 4. The fourth-order valence-electron chi connectivity index (χ4n) is 4.29. The van der Waals surface area contributed by atoms with E-state index in [1.54, 1.807) is 12.1 Å². The van der Waals surface area contributed by atoms with Crippen molar-refractivity contribution in [1.82, 2.24) is 0 Å². The number of nitrogens with zero attached hydrogens (tertiary/aromatic N) is 2. The van der Waals surface area contributed by atoms with E-state index in [9.17, 15) is 22.8 Å². The van der Waals surface area contributed by atoms with Crippen LogP contribution in [-0.2, 0) is 20.6 Å². The number of halogens is 4. The summed E-state index contributed by atoms with van der Waals surface area (Å²) < 4.78 is 40.5. The van der Waals surface area contributed by atoms with Crippen molar-refractivity contribution in [3.8, 4) is 0 Å². The molecule has 0 aliphatic carbocycles. The third-order valence-electron chi connectivity index (χ3n) is 5.77. The van der Waals surface area contributed by atoms with Crippen molar-refractivity contribution in [2.24, 2.45) is 5.92 Å². The van der Waals surface area contributed by atoms with Crippen molar-refractivity contribution < 1.29 is 27.6 Å². The molecule has 2 aliphatic heterocycles. The summed E-state index contributed by atoms with van der Waals surface area (Å²) in [7, 11) is 0. The largest absolute Gasteiger partial charge is 0.416 e. The molecule has 2 amide bonds. The zero-order valence-electron chi connectivity index (χ0n) is 16.9. The van der Waals surface area contributed by atoms with Gasteiger partial charge in [0.2, 0.25) is 5.91 Å². The second-order valence-corrected chi connectivity index (χ2v) is 8.69. The molecule has 5 rings (SSSR count). The van der Waals surface area contributed by atoms with E-state index in [-0.39, 0.29) is 5.69 Å². The molecular weight excluding hydrogens is 501 g/mol.